The fraction of sp³-hybridized carbons (Fsp3) is 0.455. The summed E-state index contributed by atoms with van der Waals surface area (Å²) in [6, 6.07) is 3.54. The molecule has 0 amide bonds. The Morgan fingerprint density at radius 2 is 2.21 bits per heavy atom. The van der Waals surface area contributed by atoms with Gasteiger partial charge in [-0.15, -0.1) is 0 Å². The summed E-state index contributed by atoms with van der Waals surface area (Å²) in [5.41, 5.74) is 5.72. The number of sulfonamides is 1. The third-order valence-corrected chi connectivity index (χ3v) is 6.91. The van der Waals surface area contributed by atoms with Crippen LogP contribution in [-0.2, 0) is 10.0 Å². The van der Waals surface area contributed by atoms with E-state index in [4.69, 9.17) is 5.73 Å². The molecule has 0 aromatic heterocycles. The number of nitrogens with two attached hydrogens (primary N) is 1. The summed E-state index contributed by atoms with van der Waals surface area (Å²) in [5.74, 6) is 2.24. The molecule has 4 nitrogen and oxygen atoms in total. The topological polar surface area (TPSA) is 72.2 Å². The van der Waals surface area contributed by atoms with E-state index in [1.807, 2.05) is 0 Å². The lowest BCUT2D eigenvalue weighted by Gasteiger charge is -2.21. The maximum absolute atomic E-state index is 13.5. The summed E-state index contributed by atoms with van der Waals surface area (Å²) in [4.78, 5) is -0.388. The van der Waals surface area contributed by atoms with Crippen LogP contribution in [0.4, 0.5) is 10.1 Å². The Bertz CT molecular complexity index is 545. The summed E-state index contributed by atoms with van der Waals surface area (Å²) < 4.78 is 40.1. The van der Waals surface area contributed by atoms with Gasteiger partial charge in [-0.1, -0.05) is 0 Å². The Morgan fingerprint density at radius 3 is 2.89 bits per heavy atom. The van der Waals surface area contributed by atoms with E-state index in [0.29, 0.717) is 6.54 Å². The normalized spacial score (nSPS) is 20.4. The largest absolute Gasteiger partial charge is 0.399 e. The van der Waals surface area contributed by atoms with Gasteiger partial charge in [-0.3, -0.25) is 0 Å². The molecule has 0 bridgehead atoms. The molecule has 3 N–H and O–H groups in total. The molecule has 1 atom stereocenters. The number of halogens is 1. The number of nitrogens with one attached hydrogen (secondary N) is 1. The number of rotatable bonds is 4. The van der Waals surface area contributed by atoms with E-state index in [9.17, 15) is 12.8 Å². The Labute approximate surface area is 120 Å². The van der Waals surface area contributed by atoms with Gasteiger partial charge in [0.2, 0.25) is 10.0 Å². The van der Waals surface area contributed by atoms with E-state index in [1.165, 1.54) is 6.07 Å². The summed E-state index contributed by atoms with van der Waals surface area (Å²) >= 11 is 3.55. The van der Waals surface area contributed by atoms with Crippen LogP contribution in [0.1, 0.15) is 0 Å². The van der Waals surface area contributed by atoms with Crippen molar-refractivity contribution in [2.75, 3.05) is 29.5 Å². The molecule has 1 heterocycles. The van der Waals surface area contributed by atoms with Crippen LogP contribution < -0.4 is 10.5 Å². The van der Waals surface area contributed by atoms with Crippen LogP contribution in [0.2, 0.25) is 0 Å². The van der Waals surface area contributed by atoms with Gasteiger partial charge < -0.3 is 5.73 Å². The van der Waals surface area contributed by atoms with Crippen molar-refractivity contribution in [3.63, 3.8) is 0 Å². The van der Waals surface area contributed by atoms with Crippen molar-refractivity contribution in [1.29, 1.82) is 0 Å². The average Bonchev–Trinajstić information content (AvgIpc) is 2.40. The third-order valence-electron chi connectivity index (χ3n) is 2.63. The minimum absolute atomic E-state index is 0.226. The standard InChI is InChI=1S/C11H15FN2O2S3/c12-10-2-1-8(13)5-11(10)19(15,16)14-6-9-7-17-3-4-18-9/h1-2,5,9,14H,3-4,6-7,13H2. The van der Waals surface area contributed by atoms with Crippen molar-refractivity contribution < 1.29 is 12.8 Å². The molecule has 1 fully saturated rings. The molecule has 1 aromatic carbocycles. The number of hydrogen-bond acceptors (Lipinski definition) is 5. The first-order valence-electron chi connectivity index (χ1n) is 5.73. The summed E-state index contributed by atoms with van der Waals surface area (Å²) in [5, 5.41) is 0.234. The maximum Gasteiger partial charge on any atom is 0.243 e. The Kier molecular flexibility index (Phi) is 4.99. The van der Waals surface area contributed by atoms with E-state index < -0.39 is 15.8 Å². The predicted molar refractivity (Wildman–Crippen MR) is 79.6 cm³/mol. The minimum Gasteiger partial charge on any atom is -0.399 e. The molecule has 1 unspecified atom stereocenters. The van der Waals surface area contributed by atoms with Gasteiger partial charge in [0.15, 0.2) is 0 Å². The molecule has 1 aliphatic rings. The van der Waals surface area contributed by atoms with Crippen molar-refractivity contribution >= 4 is 39.2 Å². The Balaban J connectivity index is 2.07. The number of benzene rings is 1. The lowest BCUT2D eigenvalue weighted by molar-refractivity contribution is 0.557. The predicted octanol–water partition coefficient (Wildman–Crippen LogP) is 1.53. The highest BCUT2D eigenvalue weighted by Gasteiger charge is 2.22. The van der Waals surface area contributed by atoms with E-state index in [2.05, 4.69) is 4.72 Å². The van der Waals surface area contributed by atoms with Crippen molar-refractivity contribution in [1.82, 2.24) is 4.72 Å². The molecular weight excluding hydrogens is 307 g/mol. The molecule has 1 saturated heterocycles. The van der Waals surface area contributed by atoms with Crippen molar-refractivity contribution in [2.45, 2.75) is 10.1 Å². The van der Waals surface area contributed by atoms with Crippen LogP contribution in [0.5, 0.6) is 0 Å². The average molecular weight is 322 g/mol. The number of nitrogen functional groups attached to an aromatic ring is 1. The lowest BCUT2D eigenvalue weighted by atomic mass is 10.3. The summed E-state index contributed by atoms with van der Waals surface area (Å²) in [6.45, 7) is 0.314. The Hall–Kier alpha value is -0.440. The molecule has 8 heteroatoms. The number of thioether (sulfide) groups is 2. The van der Waals surface area contributed by atoms with Crippen LogP contribution in [0.25, 0.3) is 0 Å². The molecule has 2 rings (SSSR count). The van der Waals surface area contributed by atoms with Gasteiger partial charge in [-0.25, -0.2) is 17.5 Å². The van der Waals surface area contributed by atoms with Crippen LogP contribution in [0, 0.1) is 5.82 Å². The fourth-order valence-corrected chi connectivity index (χ4v) is 5.57. The number of hydrogen-bond donors (Lipinski definition) is 2. The molecular formula is C11H15FN2O2S3. The molecule has 0 saturated carbocycles. The lowest BCUT2D eigenvalue weighted by Crippen LogP contribution is -2.33. The van der Waals surface area contributed by atoms with Crippen LogP contribution in [0.3, 0.4) is 0 Å². The second-order valence-electron chi connectivity index (χ2n) is 4.11. The zero-order valence-electron chi connectivity index (χ0n) is 10.1. The summed E-state index contributed by atoms with van der Waals surface area (Å²) in [7, 11) is -3.84. The third kappa shape index (κ3) is 4.01. The van der Waals surface area contributed by atoms with E-state index in [-0.39, 0.29) is 15.8 Å². The minimum atomic E-state index is -3.84. The molecule has 19 heavy (non-hydrogen) atoms. The highest BCUT2D eigenvalue weighted by atomic mass is 32.2. The van der Waals surface area contributed by atoms with Crippen LogP contribution in [0.15, 0.2) is 23.1 Å². The zero-order valence-corrected chi connectivity index (χ0v) is 12.6. The van der Waals surface area contributed by atoms with Gasteiger partial charge >= 0.3 is 0 Å². The molecule has 106 valence electrons. The second kappa shape index (κ2) is 6.34. The SMILES string of the molecule is Nc1ccc(F)c(S(=O)(=O)NCC2CSCCS2)c1. The summed E-state index contributed by atoms with van der Waals surface area (Å²) in [6.07, 6.45) is 0. The van der Waals surface area contributed by atoms with Gasteiger partial charge in [0.1, 0.15) is 10.7 Å². The molecule has 0 spiro atoms. The van der Waals surface area contributed by atoms with Gasteiger partial charge in [0.25, 0.3) is 0 Å². The molecule has 1 aliphatic heterocycles. The second-order valence-corrected chi connectivity index (χ2v) is 8.40. The molecule has 0 aliphatic carbocycles. The van der Waals surface area contributed by atoms with Crippen LogP contribution in [-0.4, -0.2) is 37.5 Å². The van der Waals surface area contributed by atoms with E-state index in [0.717, 1.165) is 29.4 Å². The van der Waals surface area contributed by atoms with Gasteiger partial charge in [0, 0.05) is 34.7 Å². The van der Waals surface area contributed by atoms with E-state index in [1.54, 1.807) is 23.5 Å². The number of anilines is 1. The molecule has 1 aromatic rings. The fourth-order valence-electron chi connectivity index (χ4n) is 1.66. The van der Waals surface area contributed by atoms with E-state index >= 15 is 0 Å². The van der Waals surface area contributed by atoms with Crippen molar-refractivity contribution in [3.05, 3.63) is 24.0 Å². The van der Waals surface area contributed by atoms with Crippen molar-refractivity contribution in [2.24, 2.45) is 0 Å². The van der Waals surface area contributed by atoms with Crippen LogP contribution >= 0.6 is 23.5 Å². The first kappa shape index (κ1) is 15.0. The monoisotopic (exact) mass is 322 g/mol. The van der Waals surface area contributed by atoms with Gasteiger partial charge in [0.05, 0.1) is 0 Å². The van der Waals surface area contributed by atoms with Gasteiger partial charge in [-0.05, 0) is 18.2 Å². The Morgan fingerprint density at radius 1 is 1.42 bits per heavy atom. The highest BCUT2D eigenvalue weighted by molar-refractivity contribution is 8.06. The van der Waals surface area contributed by atoms with Gasteiger partial charge in [-0.2, -0.15) is 23.5 Å². The zero-order chi connectivity index (χ0) is 13.9. The van der Waals surface area contributed by atoms with Crippen molar-refractivity contribution in [3.8, 4) is 0 Å². The quantitative estimate of drug-likeness (QED) is 0.823. The first-order chi connectivity index (χ1) is 8.99. The maximum atomic E-state index is 13.5. The first-order valence-corrected chi connectivity index (χ1v) is 9.42. The molecule has 0 radical (unpaired) electrons. The smallest absolute Gasteiger partial charge is 0.243 e. The highest BCUT2D eigenvalue weighted by Crippen LogP contribution is 2.24.